The maximum absolute atomic E-state index is 13.5. The predicted molar refractivity (Wildman–Crippen MR) is 67.9 cm³/mol. The average Bonchev–Trinajstić information content (AvgIpc) is 2.44. The summed E-state index contributed by atoms with van der Waals surface area (Å²) in [6.45, 7) is 0. The van der Waals surface area contributed by atoms with E-state index < -0.39 is 46.9 Å². The number of carbonyl (C=O) groups excluding carboxylic acids is 1. The molecule has 1 aliphatic rings. The molecule has 1 amide bonds. The van der Waals surface area contributed by atoms with Gasteiger partial charge in [-0.1, -0.05) is 12.2 Å². The number of rotatable bonds is 3. The van der Waals surface area contributed by atoms with Crippen LogP contribution in [0.25, 0.3) is 0 Å². The summed E-state index contributed by atoms with van der Waals surface area (Å²) in [7, 11) is 0. The fourth-order valence-electron chi connectivity index (χ4n) is 2.22. The summed E-state index contributed by atoms with van der Waals surface area (Å²) in [4.78, 5) is 23.1. The molecule has 7 heteroatoms. The number of nitrogens with one attached hydrogen (secondary N) is 1. The minimum absolute atomic E-state index is 0.188. The van der Waals surface area contributed by atoms with Crippen LogP contribution in [0.2, 0.25) is 0 Å². The van der Waals surface area contributed by atoms with Crippen LogP contribution in [0.15, 0.2) is 24.3 Å². The van der Waals surface area contributed by atoms with Crippen LogP contribution < -0.4 is 5.32 Å². The molecule has 2 atom stereocenters. The van der Waals surface area contributed by atoms with Gasteiger partial charge in [0.2, 0.25) is 5.91 Å². The van der Waals surface area contributed by atoms with Gasteiger partial charge >= 0.3 is 5.97 Å². The van der Waals surface area contributed by atoms with E-state index in [-0.39, 0.29) is 12.8 Å². The van der Waals surface area contributed by atoms with E-state index >= 15 is 0 Å². The summed E-state index contributed by atoms with van der Waals surface area (Å²) in [6.07, 6.45) is 3.69. The lowest BCUT2D eigenvalue weighted by Crippen LogP contribution is -2.35. The first kappa shape index (κ1) is 15.1. The standard InChI is InChI=1S/C14H12F3NO3/c15-9-5-11(17)12(6-10(9)16)18-13(19)7-3-1-2-4-8(7)14(20)21/h1-2,5-8H,3-4H2,(H,18,19)(H,20,21). The zero-order chi connectivity index (χ0) is 15.6. The summed E-state index contributed by atoms with van der Waals surface area (Å²) in [5, 5.41) is 11.2. The summed E-state index contributed by atoms with van der Waals surface area (Å²) in [6, 6.07) is 0.845. The van der Waals surface area contributed by atoms with Crippen molar-refractivity contribution in [2.75, 3.05) is 5.32 Å². The Hall–Kier alpha value is -2.31. The van der Waals surface area contributed by atoms with Crippen LogP contribution in [0.3, 0.4) is 0 Å². The van der Waals surface area contributed by atoms with Gasteiger partial charge in [0.1, 0.15) is 5.82 Å². The van der Waals surface area contributed by atoms with Crippen molar-refractivity contribution in [3.05, 3.63) is 41.7 Å². The molecule has 0 aliphatic heterocycles. The molecule has 2 rings (SSSR count). The first-order chi connectivity index (χ1) is 9.90. The van der Waals surface area contributed by atoms with Crippen molar-refractivity contribution in [3.8, 4) is 0 Å². The Kier molecular flexibility index (Phi) is 4.30. The molecule has 2 N–H and O–H groups in total. The van der Waals surface area contributed by atoms with Crippen molar-refractivity contribution in [2.24, 2.45) is 11.8 Å². The zero-order valence-corrected chi connectivity index (χ0v) is 10.8. The Balaban J connectivity index is 2.19. The van der Waals surface area contributed by atoms with Crippen molar-refractivity contribution in [1.29, 1.82) is 0 Å². The van der Waals surface area contributed by atoms with Crippen molar-refractivity contribution in [3.63, 3.8) is 0 Å². The molecule has 0 heterocycles. The number of hydrogen-bond acceptors (Lipinski definition) is 2. The van der Waals surface area contributed by atoms with E-state index in [0.29, 0.717) is 12.1 Å². The van der Waals surface area contributed by atoms with E-state index in [2.05, 4.69) is 5.32 Å². The second kappa shape index (κ2) is 5.99. The fourth-order valence-corrected chi connectivity index (χ4v) is 2.22. The van der Waals surface area contributed by atoms with Gasteiger partial charge < -0.3 is 10.4 Å². The number of carboxylic acid groups (broad SMARTS) is 1. The lowest BCUT2D eigenvalue weighted by Gasteiger charge is -2.24. The van der Waals surface area contributed by atoms with E-state index in [1.807, 2.05) is 0 Å². The molecule has 1 aromatic rings. The molecule has 0 spiro atoms. The highest BCUT2D eigenvalue weighted by Gasteiger charge is 2.34. The first-order valence-electron chi connectivity index (χ1n) is 6.23. The van der Waals surface area contributed by atoms with Crippen LogP contribution >= 0.6 is 0 Å². The molecule has 1 aliphatic carbocycles. The van der Waals surface area contributed by atoms with Gasteiger partial charge in [0, 0.05) is 12.1 Å². The normalized spacial score (nSPS) is 21.1. The molecule has 0 saturated heterocycles. The van der Waals surface area contributed by atoms with Crippen LogP contribution in [-0.4, -0.2) is 17.0 Å². The highest BCUT2D eigenvalue weighted by Crippen LogP contribution is 2.28. The number of halogens is 3. The van der Waals surface area contributed by atoms with E-state index in [1.54, 1.807) is 12.2 Å². The van der Waals surface area contributed by atoms with Gasteiger partial charge in [0.05, 0.1) is 17.5 Å². The van der Waals surface area contributed by atoms with Gasteiger partial charge in [-0.25, -0.2) is 13.2 Å². The molecular weight excluding hydrogens is 287 g/mol. The SMILES string of the molecule is O=C(O)C1CC=CCC1C(=O)Nc1cc(F)c(F)cc1F. The third-order valence-corrected chi connectivity index (χ3v) is 3.35. The third-order valence-electron chi connectivity index (χ3n) is 3.35. The van der Waals surface area contributed by atoms with Crippen LogP contribution in [0.1, 0.15) is 12.8 Å². The second-order valence-electron chi connectivity index (χ2n) is 4.73. The summed E-state index contributed by atoms with van der Waals surface area (Å²) in [5.41, 5.74) is -0.516. The highest BCUT2D eigenvalue weighted by molar-refractivity contribution is 5.95. The van der Waals surface area contributed by atoms with Gasteiger partial charge in [0.25, 0.3) is 0 Å². The van der Waals surface area contributed by atoms with Gasteiger partial charge in [-0.05, 0) is 12.8 Å². The second-order valence-corrected chi connectivity index (χ2v) is 4.73. The topological polar surface area (TPSA) is 66.4 Å². The Morgan fingerprint density at radius 1 is 1.00 bits per heavy atom. The van der Waals surface area contributed by atoms with Gasteiger partial charge in [-0.2, -0.15) is 0 Å². The maximum atomic E-state index is 13.5. The van der Waals surface area contributed by atoms with Gasteiger partial charge in [0.15, 0.2) is 11.6 Å². The van der Waals surface area contributed by atoms with Crippen molar-refractivity contribution < 1.29 is 27.9 Å². The Morgan fingerprint density at radius 2 is 1.57 bits per heavy atom. The molecule has 0 bridgehead atoms. The number of hydrogen-bond donors (Lipinski definition) is 2. The molecule has 21 heavy (non-hydrogen) atoms. The van der Waals surface area contributed by atoms with Crippen LogP contribution in [0, 0.1) is 29.3 Å². The smallest absolute Gasteiger partial charge is 0.307 e. The molecule has 0 fully saturated rings. The lowest BCUT2D eigenvalue weighted by atomic mass is 9.82. The van der Waals surface area contributed by atoms with E-state index in [9.17, 15) is 22.8 Å². The van der Waals surface area contributed by atoms with E-state index in [0.717, 1.165) is 0 Å². The molecule has 0 radical (unpaired) electrons. The molecule has 1 aromatic carbocycles. The van der Waals surface area contributed by atoms with E-state index in [4.69, 9.17) is 5.11 Å². The number of carboxylic acids is 1. The molecule has 0 aromatic heterocycles. The van der Waals surface area contributed by atoms with Gasteiger partial charge in [-0.3, -0.25) is 9.59 Å². The monoisotopic (exact) mass is 299 g/mol. The Bertz CT molecular complexity index is 616. The molecule has 2 unspecified atom stereocenters. The first-order valence-corrected chi connectivity index (χ1v) is 6.23. The van der Waals surface area contributed by atoms with E-state index in [1.165, 1.54) is 0 Å². The van der Waals surface area contributed by atoms with Crippen LogP contribution in [-0.2, 0) is 9.59 Å². The Labute approximate surface area is 118 Å². The number of carbonyl (C=O) groups is 2. The van der Waals surface area contributed by atoms with Gasteiger partial charge in [-0.15, -0.1) is 0 Å². The van der Waals surface area contributed by atoms with Crippen molar-refractivity contribution in [2.45, 2.75) is 12.8 Å². The number of allylic oxidation sites excluding steroid dienone is 2. The van der Waals surface area contributed by atoms with Crippen molar-refractivity contribution >= 4 is 17.6 Å². The van der Waals surface area contributed by atoms with Crippen molar-refractivity contribution in [1.82, 2.24) is 0 Å². The highest BCUT2D eigenvalue weighted by atomic mass is 19.2. The Morgan fingerprint density at radius 3 is 2.19 bits per heavy atom. The molecule has 4 nitrogen and oxygen atoms in total. The molecule has 0 saturated carbocycles. The lowest BCUT2D eigenvalue weighted by molar-refractivity contribution is -0.146. The minimum Gasteiger partial charge on any atom is -0.481 e. The van der Waals surface area contributed by atoms with Crippen LogP contribution in [0.5, 0.6) is 0 Å². The number of anilines is 1. The largest absolute Gasteiger partial charge is 0.481 e. The fraction of sp³-hybridized carbons (Fsp3) is 0.286. The summed E-state index contributed by atoms with van der Waals surface area (Å²) >= 11 is 0. The molecular formula is C14H12F3NO3. The maximum Gasteiger partial charge on any atom is 0.307 e. The summed E-state index contributed by atoms with van der Waals surface area (Å²) < 4.78 is 39.3. The third kappa shape index (κ3) is 3.24. The minimum atomic E-state index is -1.37. The quantitative estimate of drug-likeness (QED) is 0.666. The average molecular weight is 299 g/mol. The number of amides is 1. The zero-order valence-electron chi connectivity index (χ0n) is 10.8. The predicted octanol–water partition coefficient (Wildman–Crippen LogP) is 2.71. The summed E-state index contributed by atoms with van der Waals surface area (Å²) in [5.74, 6) is -7.48. The number of aliphatic carboxylic acids is 1. The number of benzene rings is 1. The van der Waals surface area contributed by atoms with Crippen LogP contribution in [0.4, 0.5) is 18.9 Å². The molecule has 112 valence electrons.